The van der Waals surface area contributed by atoms with Crippen LogP contribution in [-0.4, -0.2) is 56.4 Å². The Hall–Kier alpha value is -3.84. The van der Waals surface area contributed by atoms with Gasteiger partial charge in [-0.25, -0.2) is 5.01 Å². The van der Waals surface area contributed by atoms with E-state index in [4.69, 9.17) is 19.3 Å². The van der Waals surface area contributed by atoms with Crippen molar-refractivity contribution in [3.05, 3.63) is 89.5 Å². The molecule has 0 N–H and O–H groups in total. The van der Waals surface area contributed by atoms with Crippen molar-refractivity contribution in [2.45, 2.75) is 19.0 Å². The van der Waals surface area contributed by atoms with Gasteiger partial charge in [-0.05, 0) is 42.9 Å². The van der Waals surface area contributed by atoms with Crippen LogP contribution in [0.3, 0.4) is 0 Å². The molecule has 0 aromatic heterocycles. The molecule has 35 heavy (non-hydrogen) atoms. The average Bonchev–Trinajstić information content (AvgIpc) is 3.34. The Morgan fingerprint density at radius 3 is 2.37 bits per heavy atom. The van der Waals surface area contributed by atoms with E-state index in [1.807, 2.05) is 72.6 Å². The van der Waals surface area contributed by atoms with Gasteiger partial charge in [0.1, 0.15) is 17.2 Å². The van der Waals surface area contributed by atoms with Crippen molar-refractivity contribution < 1.29 is 19.0 Å². The number of amides is 1. The van der Waals surface area contributed by atoms with Gasteiger partial charge in [-0.3, -0.25) is 9.69 Å². The summed E-state index contributed by atoms with van der Waals surface area (Å²) in [6.07, 6.45) is 0.526. The Bertz CT molecular complexity index is 1200. The minimum atomic E-state index is -0.336. The van der Waals surface area contributed by atoms with Gasteiger partial charge >= 0.3 is 0 Å². The largest absolute Gasteiger partial charge is 0.497 e. The molecule has 1 unspecified atom stereocenters. The predicted octanol–water partition coefficient (Wildman–Crippen LogP) is 4.52. The Balaban J connectivity index is 1.66. The summed E-state index contributed by atoms with van der Waals surface area (Å²) in [5.74, 6) is 2.00. The fraction of sp³-hybridized carbons (Fsp3) is 0.286. The lowest BCUT2D eigenvalue weighted by molar-refractivity contribution is -0.134. The molecule has 0 aliphatic carbocycles. The van der Waals surface area contributed by atoms with Crippen LogP contribution in [0.25, 0.3) is 0 Å². The first kappa shape index (κ1) is 24.3. The highest BCUT2D eigenvalue weighted by Gasteiger charge is 2.36. The molecule has 1 amide bonds. The number of ether oxygens (including phenoxy) is 3. The van der Waals surface area contributed by atoms with Gasteiger partial charge in [0, 0.05) is 24.1 Å². The molecule has 0 radical (unpaired) electrons. The molecule has 0 fully saturated rings. The number of benzene rings is 3. The van der Waals surface area contributed by atoms with E-state index < -0.39 is 0 Å². The molecule has 0 spiro atoms. The summed E-state index contributed by atoms with van der Waals surface area (Å²) < 4.78 is 16.7. The Labute approximate surface area is 206 Å². The standard InChI is InChI=1S/C28H31N3O4/c1-30(18-20-10-6-5-7-11-20)19-28(32)31-25(23-16-21(33-2)14-15-27(23)35-4)17-24(29-31)22-12-8-9-13-26(22)34-3/h5-16,25H,17-19H2,1-4H3. The van der Waals surface area contributed by atoms with E-state index in [-0.39, 0.29) is 18.5 Å². The molecule has 0 bridgehead atoms. The van der Waals surface area contributed by atoms with E-state index in [9.17, 15) is 4.79 Å². The van der Waals surface area contributed by atoms with Crippen molar-refractivity contribution in [1.29, 1.82) is 0 Å². The molecule has 1 aliphatic heterocycles. The number of likely N-dealkylation sites (N-methyl/N-ethyl adjacent to an activating group) is 1. The summed E-state index contributed by atoms with van der Waals surface area (Å²) in [5.41, 5.74) is 3.65. The first-order valence-corrected chi connectivity index (χ1v) is 11.5. The fourth-order valence-electron chi connectivity index (χ4n) is 4.38. The van der Waals surface area contributed by atoms with Crippen molar-refractivity contribution in [1.82, 2.24) is 9.91 Å². The normalized spacial score (nSPS) is 15.2. The molecule has 3 aromatic rings. The summed E-state index contributed by atoms with van der Waals surface area (Å²) in [7, 11) is 6.83. The number of carbonyl (C=O) groups is 1. The molecule has 0 saturated heterocycles. The topological polar surface area (TPSA) is 63.6 Å². The average molecular weight is 474 g/mol. The van der Waals surface area contributed by atoms with Crippen molar-refractivity contribution in [3.8, 4) is 17.2 Å². The van der Waals surface area contributed by atoms with Gasteiger partial charge in [-0.2, -0.15) is 5.10 Å². The maximum Gasteiger partial charge on any atom is 0.257 e. The molecule has 1 aliphatic rings. The summed E-state index contributed by atoms with van der Waals surface area (Å²) in [6, 6.07) is 23.1. The zero-order chi connectivity index (χ0) is 24.8. The number of hydrogen-bond donors (Lipinski definition) is 0. The summed E-state index contributed by atoms with van der Waals surface area (Å²) in [5, 5.41) is 6.40. The van der Waals surface area contributed by atoms with E-state index in [0.717, 1.165) is 28.2 Å². The van der Waals surface area contributed by atoms with E-state index in [1.165, 1.54) is 0 Å². The highest BCUT2D eigenvalue weighted by Crippen LogP contribution is 2.40. The number of nitrogens with zero attached hydrogens (tertiary/aromatic N) is 3. The number of para-hydroxylation sites is 1. The van der Waals surface area contributed by atoms with E-state index in [0.29, 0.717) is 24.5 Å². The van der Waals surface area contributed by atoms with Crippen LogP contribution in [0.15, 0.2) is 77.9 Å². The molecule has 7 heteroatoms. The Morgan fingerprint density at radius 1 is 0.943 bits per heavy atom. The lowest BCUT2D eigenvalue weighted by Gasteiger charge is -2.26. The van der Waals surface area contributed by atoms with Crippen LogP contribution in [0.1, 0.15) is 29.2 Å². The van der Waals surface area contributed by atoms with Gasteiger partial charge in [0.25, 0.3) is 5.91 Å². The van der Waals surface area contributed by atoms with Crippen molar-refractivity contribution in [3.63, 3.8) is 0 Å². The van der Waals surface area contributed by atoms with Gasteiger partial charge in [0.15, 0.2) is 0 Å². The third-order valence-corrected chi connectivity index (χ3v) is 6.08. The highest BCUT2D eigenvalue weighted by molar-refractivity contribution is 6.05. The second-order valence-corrected chi connectivity index (χ2v) is 8.47. The maximum atomic E-state index is 13.6. The molecule has 3 aromatic carbocycles. The number of rotatable bonds is 9. The molecule has 4 rings (SSSR count). The Morgan fingerprint density at radius 2 is 1.66 bits per heavy atom. The first-order chi connectivity index (χ1) is 17.0. The second kappa shape index (κ2) is 11.1. The van der Waals surface area contributed by atoms with Gasteiger partial charge in [0.05, 0.1) is 39.6 Å². The smallest absolute Gasteiger partial charge is 0.257 e. The zero-order valence-corrected chi connectivity index (χ0v) is 20.6. The monoisotopic (exact) mass is 473 g/mol. The summed E-state index contributed by atoms with van der Waals surface area (Å²) >= 11 is 0. The van der Waals surface area contributed by atoms with Crippen LogP contribution in [-0.2, 0) is 11.3 Å². The number of hydrogen-bond acceptors (Lipinski definition) is 6. The van der Waals surface area contributed by atoms with Gasteiger partial charge in [-0.1, -0.05) is 42.5 Å². The zero-order valence-electron chi connectivity index (χ0n) is 20.6. The Kier molecular flexibility index (Phi) is 7.67. The van der Waals surface area contributed by atoms with Crippen LogP contribution < -0.4 is 14.2 Å². The highest BCUT2D eigenvalue weighted by atomic mass is 16.5. The maximum absolute atomic E-state index is 13.6. The molecule has 0 saturated carbocycles. The number of carbonyl (C=O) groups excluding carboxylic acids is 1. The summed E-state index contributed by atoms with van der Waals surface area (Å²) in [6.45, 7) is 0.886. The summed E-state index contributed by atoms with van der Waals surface area (Å²) in [4.78, 5) is 15.6. The lowest BCUT2D eigenvalue weighted by Crippen LogP contribution is -2.36. The quantitative estimate of drug-likeness (QED) is 0.457. The number of methoxy groups -OCH3 is 3. The van der Waals surface area contributed by atoms with Gasteiger partial charge in [-0.15, -0.1) is 0 Å². The molecular formula is C28H31N3O4. The lowest BCUT2D eigenvalue weighted by atomic mass is 9.97. The van der Waals surface area contributed by atoms with Crippen molar-refractivity contribution in [2.24, 2.45) is 5.10 Å². The van der Waals surface area contributed by atoms with Crippen molar-refractivity contribution in [2.75, 3.05) is 34.9 Å². The van der Waals surface area contributed by atoms with E-state index in [2.05, 4.69) is 12.1 Å². The second-order valence-electron chi connectivity index (χ2n) is 8.47. The molecule has 7 nitrogen and oxygen atoms in total. The molecular weight excluding hydrogens is 442 g/mol. The molecule has 1 atom stereocenters. The SMILES string of the molecule is COc1ccc(OC)c(C2CC(c3ccccc3OC)=NN2C(=O)CN(C)Cc2ccccc2)c1. The van der Waals surface area contributed by atoms with Crippen LogP contribution in [0, 0.1) is 0 Å². The van der Waals surface area contributed by atoms with E-state index >= 15 is 0 Å². The third-order valence-electron chi connectivity index (χ3n) is 6.08. The predicted molar refractivity (Wildman–Crippen MR) is 136 cm³/mol. The van der Waals surface area contributed by atoms with Crippen molar-refractivity contribution >= 4 is 11.6 Å². The van der Waals surface area contributed by atoms with Gasteiger partial charge < -0.3 is 14.2 Å². The molecule has 1 heterocycles. The van der Waals surface area contributed by atoms with Crippen LogP contribution in [0.2, 0.25) is 0 Å². The van der Waals surface area contributed by atoms with E-state index in [1.54, 1.807) is 26.3 Å². The minimum Gasteiger partial charge on any atom is -0.497 e. The minimum absolute atomic E-state index is 0.0943. The van der Waals surface area contributed by atoms with Crippen LogP contribution in [0.5, 0.6) is 17.2 Å². The first-order valence-electron chi connectivity index (χ1n) is 11.5. The van der Waals surface area contributed by atoms with Crippen LogP contribution in [0.4, 0.5) is 0 Å². The fourth-order valence-corrected chi connectivity index (χ4v) is 4.38. The van der Waals surface area contributed by atoms with Gasteiger partial charge in [0.2, 0.25) is 0 Å². The third kappa shape index (κ3) is 5.46. The number of hydrazone groups is 1. The molecule has 182 valence electrons. The van der Waals surface area contributed by atoms with Crippen LogP contribution >= 0.6 is 0 Å².